The van der Waals surface area contributed by atoms with E-state index in [0.717, 1.165) is 44.5 Å². The molecule has 26 heteroatoms. The highest BCUT2D eigenvalue weighted by atomic mass is 16.9. The van der Waals surface area contributed by atoms with E-state index in [4.69, 9.17) is 37.0 Å². The van der Waals surface area contributed by atoms with Gasteiger partial charge in [0, 0.05) is 41.1 Å². The average Bonchev–Trinajstić information content (AvgIpc) is 0.901. The molecule has 8 rings (SSSR count). The fourth-order valence-corrected chi connectivity index (χ4v) is 7.68. The Balaban J connectivity index is 0.000000406. The van der Waals surface area contributed by atoms with Crippen molar-refractivity contribution >= 4 is 58.7 Å². The highest BCUT2D eigenvalue weighted by Gasteiger charge is 2.32. The largest absolute Gasteiger partial charge is 0.478 e. The molecule has 0 saturated heterocycles. The summed E-state index contributed by atoms with van der Waals surface area (Å²) >= 11 is 0. The van der Waals surface area contributed by atoms with Crippen LogP contribution in [-0.2, 0) is 28.6 Å². The molecule has 26 nitrogen and oxygen atoms in total. The summed E-state index contributed by atoms with van der Waals surface area (Å²) in [5.41, 5.74) is 17.4. The SMILES string of the molecule is C.COC(=O)C(C)(C)N.COC(=O)C(C)(C)NC(=O)c1ccc(-c2ccc(N)cc2)cc1.COC(=O)C(C)(C)NC(=O)c1ccc(-c2ccc([N+](=O)[O-])cc2)cc1.O=C(O)c1ccc(-c2ccc([N+](=O)[O-])cc2)cc1.O=C(O)c1ccc(-c2ccccc2)cc1.O=[N+]([O-])O. The van der Waals surface area contributed by atoms with Crippen molar-refractivity contribution in [1.82, 2.24) is 10.6 Å². The fourth-order valence-electron chi connectivity index (χ4n) is 7.68. The van der Waals surface area contributed by atoms with Gasteiger partial charge in [-0.15, -0.1) is 10.1 Å². The number of carbonyl (C=O) groups excluding carboxylic acids is 5. The fraction of sp³-hybridized carbons (Fsp3) is 0.191. The maximum atomic E-state index is 12.3. The summed E-state index contributed by atoms with van der Waals surface area (Å²) < 4.78 is 13.7. The van der Waals surface area contributed by atoms with E-state index in [2.05, 4.69) is 24.8 Å². The smallest absolute Gasteiger partial charge is 0.335 e. The van der Waals surface area contributed by atoms with Crippen LogP contribution in [0.1, 0.15) is 90.4 Å². The third-order valence-corrected chi connectivity index (χ3v) is 12.7. The molecule has 0 unspecified atom stereocenters. The van der Waals surface area contributed by atoms with Crippen LogP contribution in [0.5, 0.6) is 0 Å². The van der Waals surface area contributed by atoms with Gasteiger partial charge in [-0.2, -0.15) is 0 Å². The molecule has 0 radical (unpaired) electrons. The molecule has 8 aromatic rings. The molecule has 0 heterocycles. The van der Waals surface area contributed by atoms with Gasteiger partial charge < -0.3 is 51.7 Å². The number of methoxy groups -OCH3 is 3. The lowest BCUT2D eigenvalue weighted by Gasteiger charge is -2.23. The summed E-state index contributed by atoms with van der Waals surface area (Å²) in [7, 11) is 3.86. The highest BCUT2D eigenvalue weighted by Crippen LogP contribution is 2.26. The molecule has 2 amide bonds. The maximum absolute atomic E-state index is 12.3. The molecule has 0 saturated carbocycles. The van der Waals surface area contributed by atoms with E-state index in [1.165, 1.54) is 57.7 Å². The number of carboxylic acid groups (broad SMARTS) is 2. The number of benzene rings is 8. The van der Waals surface area contributed by atoms with Gasteiger partial charge in [0.1, 0.15) is 16.6 Å². The number of nitrogen functional groups attached to an aromatic ring is 1. The zero-order chi connectivity index (χ0) is 69.8. The first-order chi connectivity index (χ1) is 43.6. The second-order valence-corrected chi connectivity index (χ2v) is 21.1. The van der Waals surface area contributed by atoms with Crippen LogP contribution in [-0.4, -0.2) is 110 Å². The first-order valence-electron chi connectivity index (χ1n) is 27.4. The van der Waals surface area contributed by atoms with Crippen LogP contribution in [0.2, 0.25) is 0 Å². The Morgan fingerprint density at radius 2 is 0.617 bits per heavy atom. The lowest BCUT2D eigenvalue weighted by molar-refractivity contribution is -0.742. The molecule has 0 aliphatic heterocycles. The summed E-state index contributed by atoms with van der Waals surface area (Å²) in [6.45, 7) is 9.50. The molecule has 94 heavy (non-hydrogen) atoms. The predicted octanol–water partition coefficient (Wildman–Crippen LogP) is 11.8. The number of non-ortho nitro benzene ring substituents is 2. The number of nitro groups is 2. The number of anilines is 1. The molecule has 0 fully saturated rings. The number of nitrogens with zero attached hydrogens (tertiary/aromatic N) is 3. The number of ether oxygens (including phenoxy) is 3. The molecule has 0 aliphatic carbocycles. The van der Waals surface area contributed by atoms with Gasteiger partial charge in [0.05, 0.1) is 42.3 Å². The quantitative estimate of drug-likeness (QED) is 0.0165. The van der Waals surface area contributed by atoms with Crippen LogP contribution >= 0.6 is 0 Å². The predicted molar refractivity (Wildman–Crippen MR) is 352 cm³/mol. The molecule has 494 valence electrons. The van der Waals surface area contributed by atoms with E-state index in [-0.39, 0.29) is 30.3 Å². The molecule has 0 spiro atoms. The number of carbonyl (C=O) groups is 7. The lowest BCUT2D eigenvalue weighted by Crippen LogP contribution is -2.50. The van der Waals surface area contributed by atoms with E-state index in [0.29, 0.717) is 22.4 Å². The van der Waals surface area contributed by atoms with Gasteiger partial charge in [0.2, 0.25) is 0 Å². The summed E-state index contributed by atoms with van der Waals surface area (Å²) in [5.74, 6) is -4.03. The number of esters is 3. The van der Waals surface area contributed by atoms with Crippen molar-refractivity contribution in [3.8, 4) is 44.5 Å². The van der Waals surface area contributed by atoms with Crippen LogP contribution in [0.4, 0.5) is 17.1 Å². The van der Waals surface area contributed by atoms with Gasteiger partial charge in [0.15, 0.2) is 0 Å². The molecule has 0 aromatic heterocycles. The van der Waals surface area contributed by atoms with E-state index in [9.17, 15) is 53.8 Å². The minimum Gasteiger partial charge on any atom is -0.478 e. The number of amides is 2. The summed E-state index contributed by atoms with van der Waals surface area (Å²) in [4.78, 5) is 108. The Labute approximate surface area is 541 Å². The lowest BCUT2D eigenvalue weighted by atomic mass is 10.0. The minimum atomic E-state index is -1.50. The Hall–Kier alpha value is -12.2. The van der Waals surface area contributed by atoms with Gasteiger partial charge >= 0.3 is 29.8 Å². The molecule has 0 aliphatic rings. The van der Waals surface area contributed by atoms with E-state index in [1.807, 2.05) is 78.9 Å². The van der Waals surface area contributed by atoms with Crippen LogP contribution in [0.3, 0.4) is 0 Å². The van der Waals surface area contributed by atoms with Crippen molar-refractivity contribution in [2.24, 2.45) is 5.73 Å². The number of hydrogen-bond acceptors (Lipinski definition) is 18. The highest BCUT2D eigenvalue weighted by molar-refractivity contribution is 5.99. The van der Waals surface area contributed by atoms with Crippen molar-refractivity contribution < 1.29 is 78.1 Å². The van der Waals surface area contributed by atoms with Crippen LogP contribution < -0.4 is 22.1 Å². The Kier molecular flexibility index (Phi) is 30.2. The topological polar surface area (TPSA) is 413 Å². The monoisotopic (exact) mass is 1290 g/mol. The molecule has 0 bridgehead atoms. The summed E-state index contributed by atoms with van der Waals surface area (Å²) in [6, 6.07) is 56.7. The van der Waals surface area contributed by atoms with Crippen LogP contribution in [0.25, 0.3) is 44.5 Å². The van der Waals surface area contributed by atoms with Crippen molar-refractivity contribution in [3.05, 3.63) is 253 Å². The second-order valence-electron chi connectivity index (χ2n) is 21.1. The Bertz CT molecular complexity index is 3780. The average molecular weight is 1290 g/mol. The summed E-state index contributed by atoms with van der Waals surface area (Å²) in [6.07, 6.45) is 0. The third kappa shape index (κ3) is 25.4. The van der Waals surface area contributed by atoms with Gasteiger partial charge in [-0.3, -0.25) is 34.6 Å². The molecule has 9 N–H and O–H groups in total. The number of hydrogen-bond donors (Lipinski definition) is 7. The molecular weight excluding hydrogens is 1220 g/mol. The van der Waals surface area contributed by atoms with Gasteiger partial charge in [-0.05, 0) is 171 Å². The maximum Gasteiger partial charge on any atom is 0.335 e. The Morgan fingerprint density at radius 1 is 0.394 bits per heavy atom. The number of nitro benzene ring substituents is 2. The van der Waals surface area contributed by atoms with Crippen LogP contribution in [0, 0.1) is 30.3 Å². The summed E-state index contributed by atoms with van der Waals surface area (Å²) in [5, 5.41) is 57.6. The van der Waals surface area contributed by atoms with Crippen molar-refractivity contribution in [2.75, 3.05) is 27.1 Å². The van der Waals surface area contributed by atoms with E-state index >= 15 is 0 Å². The van der Waals surface area contributed by atoms with Crippen LogP contribution in [0.15, 0.2) is 200 Å². The van der Waals surface area contributed by atoms with Crippen molar-refractivity contribution in [3.63, 3.8) is 0 Å². The number of rotatable bonds is 15. The molecule has 8 aromatic carbocycles. The van der Waals surface area contributed by atoms with Gasteiger partial charge in [-0.1, -0.05) is 98.4 Å². The van der Waals surface area contributed by atoms with Crippen molar-refractivity contribution in [2.45, 2.75) is 65.6 Å². The van der Waals surface area contributed by atoms with E-state index < -0.39 is 67.3 Å². The number of aromatic carboxylic acids is 2. The van der Waals surface area contributed by atoms with Gasteiger partial charge in [0.25, 0.3) is 28.3 Å². The third-order valence-electron chi connectivity index (χ3n) is 12.7. The standard InChI is InChI=1S/C18H18N2O5.C18H20N2O3.C13H9NO4.C13H10O2.C5H11NO2.CH4.HNO3/c1-18(2,17(22)25-3)19-16(21)14-6-4-12(5-7-14)13-8-10-15(11-9-13)20(23)24;1-18(2,17(22)23-3)20-16(21)14-6-4-12(5-7-14)13-8-10-15(19)11-9-13;15-13(16)11-3-1-9(2-4-11)10-5-7-12(8-6-10)14(17)18;14-13(15)12-8-6-11(7-9-12)10-4-2-1-3-5-10;1-5(2,6)4(7)8-3;;2-1(3)4/h4-11H,1-3H3,(H,19,21);4-11H,19H2,1-3H3,(H,20,21);1-8H,(H,15,16);1-9H,(H,14,15);6H2,1-3H3;1H4;(H,2,3,4). The Morgan fingerprint density at radius 3 is 0.830 bits per heavy atom. The van der Waals surface area contributed by atoms with E-state index in [1.54, 1.807) is 126 Å². The number of carboxylic acids is 2. The molecular formula is C68H73N7O19. The minimum absolute atomic E-state index is 0. The first-order valence-corrected chi connectivity index (χ1v) is 27.4. The van der Waals surface area contributed by atoms with Crippen molar-refractivity contribution in [1.29, 1.82) is 0 Å². The second kappa shape index (κ2) is 36.5. The van der Waals surface area contributed by atoms with Gasteiger partial charge in [-0.25, -0.2) is 19.2 Å². The zero-order valence-electron chi connectivity index (χ0n) is 51.9. The normalized spacial score (nSPS) is 10.2. The first kappa shape index (κ1) is 77.9. The number of nitrogens with two attached hydrogens (primary N) is 2. The zero-order valence-corrected chi connectivity index (χ0v) is 51.9. The molecule has 0 atom stereocenters. The number of nitrogens with one attached hydrogen (secondary N) is 2.